The highest BCUT2D eigenvalue weighted by Crippen LogP contribution is 2.56. The molecule has 200 valence electrons. The molecule has 2 saturated heterocycles. The normalized spacial score (nSPS) is 28.8. The summed E-state index contributed by atoms with van der Waals surface area (Å²) < 4.78 is 25.5. The van der Waals surface area contributed by atoms with Crippen LogP contribution in [-0.4, -0.2) is 48.0 Å². The second-order valence-electron chi connectivity index (χ2n) is 11.9. The molecule has 3 heterocycles. The van der Waals surface area contributed by atoms with Gasteiger partial charge in [-0.15, -0.1) is 0 Å². The molecule has 0 saturated carbocycles. The zero-order chi connectivity index (χ0) is 26.2. The summed E-state index contributed by atoms with van der Waals surface area (Å²) in [6.45, 7) is 11.9. The van der Waals surface area contributed by atoms with Gasteiger partial charge in [-0.3, -0.25) is 0 Å². The first-order valence-electron chi connectivity index (χ1n) is 13.8. The molecular weight excluding hydrogens is 466 g/mol. The summed E-state index contributed by atoms with van der Waals surface area (Å²) in [5, 5.41) is 0. The number of aryl methyl sites for hydroxylation is 1. The van der Waals surface area contributed by atoms with Crippen LogP contribution in [-0.2, 0) is 15.9 Å². The molecule has 6 heteroatoms. The first-order valence-corrected chi connectivity index (χ1v) is 13.8. The number of para-hydroxylation sites is 1. The number of carbonyl (C=O) groups is 1. The Bertz CT molecular complexity index is 1100. The molecule has 0 spiro atoms. The third-order valence-corrected chi connectivity index (χ3v) is 8.05. The largest absolute Gasteiger partial charge is 0.490 e. The number of likely N-dealkylation sites (tertiary alicyclic amines) is 1. The van der Waals surface area contributed by atoms with Crippen molar-refractivity contribution >= 4 is 6.09 Å². The summed E-state index contributed by atoms with van der Waals surface area (Å²) in [5.41, 5.74) is 1.45. The molecule has 3 aliphatic heterocycles. The minimum atomic E-state index is -0.503. The maximum atomic E-state index is 12.8. The van der Waals surface area contributed by atoms with Crippen LogP contribution in [0.5, 0.6) is 11.5 Å². The van der Waals surface area contributed by atoms with Crippen molar-refractivity contribution in [1.29, 1.82) is 0 Å². The van der Waals surface area contributed by atoms with Crippen LogP contribution in [0.3, 0.4) is 0 Å². The average Bonchev–Trinajstić information content (AvgIpc) is 2.87. The van der Waals surface area contributed by atoms with Crippen LogP contribution in [0, 0.1) is 11.8 Å². The van der Waals surface area contributed by atoms with E-state index < -0.39 is 11.2 Å². The predicted octanol–water partition coefficient (Wildman–Crippen LogP) is 6.57. The molecule has 2 fully saturated rings. The summed E-state index contributed by atoms with van der Waals surface area (Å²) in [6, 6.07) is 16.7. The summed E-state index contributed by atoms with van der Waals surface area (Å²) in [5.74, 6) is 2.03. The first kappa shape index (κ1) is 25.9. The number of benzene rings is 2. The summed E-state index contributed by atoms with van der Waals surface area (Å²) >= 11 is 0. The van der Waals surface area contributed by atoms with E-state index in [1.165, 1.54) is 5.56 Å². The number of hydrogen-bond donors (Lipinski definition) is 0. The number of fused-ring (bicyclic) bond motifs is 4. The molecule has 5 atom stereocenters. The topological polar surface area (TPSA) is 57.2 Å². The van der Waals surface area contributed by atoms with Crippen molar-refractivity contribution < 1.29 is 23.7 Å². The fourth-order valence-electron chi connectivity index (χ4n) is 6.22. The minimum Gasteiger partial charge on any atom is -0.490 e. The Labute approximate surface area is 221 Å². The van der Waals surface area contributed by atoms with Gasteiger partial charge in [-0.1, -0.05) is 42.5 Å². The van der Waals surface area contributed by atoms with Gasteiger partial charge in [0.25, 0.3) is 0 Å². The van der Waals surface area contributed by atoms with Crippen LogP contribution in [0.4, 0.5) is 4.79 Å². The molecule has 0 N–H and O–H groups in total. The smallest absolute Gasteiger partial charge is 0.410 e. The van der Waals surface area contributed by atoms with Gasteiger partial charge in [-0.05, 0) is 71.9 Å². The molecule has 0 unspecified atom stereocenters. The number of rotatable bonds is 5. The lowest BCUT2D eigenvalue weighted by Crippen LogP contribution is -2.57. The summed E-state index contributed by atoms with van der Waals surface area (Å²) in [4.78, 5) is 14.7. The monoisotopic (exact) mass is 507 g/mol. The molecule has 0 aromatic heterocycles. The maximum absolute atomic E-state index is 12.8. The number of carbonyl (C=O) groups excluding carboxylic acids is 1. The van der Waals surface area contributed by atoms with Crippen LogP contribution in [0.2, 0.25) is 0 Å². The van der Waals surface area contributed by atoms with Gasteiger partial charge in [-0.2, -0.15) is 0 Å². The van der Waals surface area contributed by atoms with E-state index in [-0.39, 0.29) is 30.1 Å². The van der Waals surface area contributed by atoms with Crippen molar-refractivity contribution in [3.05, 3.63) is 59.7 Å². The highest BCUT2D eigenvalue weighted by molar-refractivity contribution is 5.68. The van der Waals surface area contributed by atoms with Crippen LogP contribution in [0.15, 0.2) is 48.5 Å². The third kappa shape index (κ3) is 5.45. The van der Waals surface area contributed by atoms with Crippen molar-refractivity contribution in [2.75, 3.05) is 19.7 Å². The molecule has 6 nitrogen and oxygen atoms in total. The average molecular weight is 508 g/mol. The van der Waals surface area contributed by atoms with E-state index in [9.17, 15) is 4.79 Å². The van der Waals surface area contributed by atoms with Crippen LogP contribution in [0.25, 0.3) is 0 Å². The lowest BCUT2D eigenvalue weighted by atomic mass is 9.68. The van der Waals surface area contributed by atoms with Gasteiger partial charge >= 0.3 is 6.09 Å². The van der Waals surface area contributed by atoms with E-state index >= 15 is 0 Å². The predicted molar refractivity (Wildman–Crippen MR) is 143 cm³/mol. The highest BCUT2D eigenvalue weighted by atomic mass is 16.6. The van der Waals surface area contributed by atoms with E-state index in [0.29, 0.717) is 19.7 Å². The maximum Gasteiger partial charge on any atom is 0.410 e. The van der Waals surface area contributed by atoms with Crippen molar-refractivity contribution in [3.8, 4) is 11.5 Å². The number of ether oxygens (including phenoxy) is 4. The third-order valence-electron chi connectivity index (χ3n) is 8.05. The van der Waals surface area contributed by atoms with Crippen molar-refractivity contribution in [2.24, 2.45) is 11.8 Å². The summed E-state index contributed by atoms with van der Waals surface area (Å²) in [7, 11) is 0. The molecule has 1 amide bonds. The molecule has 0 radical (unpaired) electrons. The molecule has 2 aromatic carbocycles. The van der Waals surface area contributed by atoms with Gasteiger partial charge in [0.2, 0.25) is 0 Å². The molecular formula is C31H41NO5. The van der Waals surface area contributed by atoms with E-state index in [1.54, 1.807) is 0 Å². The van der Waals surface area contributed by atoms with Crippen molar-refractivity contribution in [2.45, 2.75) is 83.7 Å². The van der Waals surface area contributed by atoms with Gasteiger partial charge < -0.3 is 23.8 Å². The number of piperidine rings is 1. The zero-order valence-electron chi connectivity index (χ0n) is 22.9. The Kier molecular flexibility index (Phi) is 7.14. The second-order valence-corrected chi connectivity index (χ2v) is 11.9. The number of hydrogen-bond acceptors (Lipinski definition) is 5. The summed E-state index contributed by atoms with van der Waals surface area (Å²) in [6.07, 6.45) is 3.37. The van der Waals surface area contributed by atoms with Gasteiger partial charge in [0, 0.05) is 30.5 Å². The molecule has 2 aromatic rings. The highest BCUT2D eigenvalue weighted by Gasteiger charge is 2.54. The second kappa shape index (κ2) is 10.2. The van der Waals surface area contributed by atoms with Crippen molar-refractivity contribution in [3.63, 3.8) is 0 Å². The quantitative estimate of drug-likeness (QED) is 0.458. The SMILES string of the molecule is CCOc1cccc2c1O[C@@](C)(CCc1ccccc1)[C@H]1C[C@@H]3CN(C(=O)OC(C)(C)C)CC[C@@H]3O[C@H]21. The lowest BCUT2D eigenvalue weighted by Gasteiger charge is -2.54. The van der Waals surface area contributed by atoms with Gasteiger partial charge in [0.15, 0.2) is 11.5 Å². The Morgan fingerprint density at radius 3 is 2.65 bits per heavy atom. The number of nitrogens with zero attached hydrogens (tertiary/aromatic N) is 1. The van der Waals surface area contributed by atoms with Gasteiger partial charge in [-0.25, -0.2) is 4.79 Å². The molecule has 5 rings (SSSR count). The zero-order valence-corrected chi connectivity index (χ0v) is 22.9. The molecule has 3 aliphatic rings. The lowest BCUT2D eigenvalue weighted by molar-refractivity contribution is -0.191. The van der Waals surface area contributed by atoms with E-state index in [1.807, 2.05) is 44.7 Å². The van der Waals surface area contributed by atoms with Crippen molar-refractivity contribution in [1.82, 2.24) is 4.90 Å². The van der Waals surface area contributed by atoms with Crippen LogP contribution in [0.1, 0.15) is 71.1 Å². The van der Waals surface area contributed by atoms with Gasteiger partial charge in [0.05, 0.1) is 18.8 Å². The Morgan fingerprint density at radius 2 is 1.92 bits per heavy atom. The first-order chi connectivity index (χ1) is 17.7. The Balaban J connectivity index is 1.42. The molecule has 0 aliphatic carbocycles. The van der Waals surface area contributed by atoms with E-state index in [4.69, 9.17) is 18.9 Å². The Hall–Kier alpha value is -2.73. The minimum absolute atomic E-state index is 0.0562. The van der Waals surface area contributed by atoms with E-state index in [2.05, 4.69) is 43.3 Å². The fourth-order valence-corrected chi connectivity index (χ4v) is 6.22. The number of amides is 1. The molecule has 37 heavy (non-hydrogen) atoms. The fraction of sp³-hybridized carbons (Fsp3) is 0.581. The van der Waals surface area contributed by atoms with E-state index in [0.717, 1.165) is 42.7 Å². The van der Waals surface area contributed by atoms with Crippen LogP contribution < -0.4 is 9.47 Å². The molecule has 0 bridgehead atoms. The Morgan fingerprint density at radius 1 is 1.14 bits per heavy atom. The van der Waals surface area contributed by atoms with Crippen LogP contribution >= 0.6 is 0 Å². The standard InChI is InChI=1S/C31H41NO5/c1-6-34-26-14-10-13-23-27-24(31(5,36-28(23)26)17-15-21-11-8-7-9-12-21)19-22-20-32(18-16-25(22)35-27)29(33)37-30(2,3)4/h7-14,22,24-25,27H,6,15-20H2,1-5H3/t22-,24+,25+,27-,31+/m1/s1. The van der Waals surface area contributed by atoms with Gasteiger partial charge in [0.1, 0.15) is 11.2 Å².